The molecule has 26 heavy (non-hydrogen) atoms. The Balaban J connectivity index is 2.40. The van der Waals surface area contributed by atoms with Gasteiger partial charge in [-0.3, -0.25) is 9.89 Å². The number of aromatic nitrogens is 2. The van der Waals surface area contributed by atoms with Crippen LogP contribution in [0.2, 0.25) is 5.02 Å². The number of amides is 1. The Morgan fingerprint density at radius 2 is 2.00 bits per heavy atom. The number of hydrogen-bond donors (Lipinski definition) is 2. The molecule has 0 aliphatic heterocycles. The number of halogens is 1. The Morgan fingerprint density at radius 1 is 1.27 bits per heavy atom. The molecule has 140 valence electrons. The summed E-state index contributed by atoms with van der Waals surface area (Å²) < 4.78 is 10.2. The van der Waals surface area contributed by atoms with Crippen molar-refractivity contribution in [1.29, 1.82) is 0 Å². The van der Waals surface area contributed by atoms with Crippen LogP contribution in [0.15, 0.2) is 6.20 Å². The summed E-state index contributed by atoms with van der Waals surface area (Å²) in [6, 6.07) is 0. The van der Waals surface area contributed by atoms with Gasteiger partial charge in [0.1, 0.15) is 15.6 Å². The van der Waals surface area contributed by atoms with Gasteiger partial charge in [0.25, 0.3) is 5.91 Å². The number of carbonyl (C=O) groups excluding carboxylic acids is 3. The molecule has 1 amide bonds. The molecule has 8 nitrogen and oxygen atoms in total. The fourth-order valence-corrected chi connectivity index (χ4v) is 3.36. The van der Waals surface area contributed by atoms with E-state index in [-0.39, 0.29) is 39.4 Å². The number of thiophene rings is 1. The third kappa shape index (κ3) is 4.23. The van der Waals surface area contributed by atoms with Crippen LogP contribution >= 0.6 is 22.9 Å². The quantitative estimate of drug-likeness (QED) is 0.690. The van der Waals surface area contributed by atoms with Crippen LogP contribution in [0.1, 0.15) is 56.3 Å². The van der Waals surface area contributed by atoms with E-state index >= 15 is 0 Å². The van der Waals surface area contributed by atoms with Crippen LogP contribution in [0.4, 0.5) is 5.00 Å². The van der Waals surface area contributed by atoms with E-state index in [1.807, 2.05) is 6.92 Å². The predicted octanol–water partition coefficient (Wildman–Crippen LogP) is 3.43. The van der Waals surface area contributed by atoms with Crippen molar-refractivity contribution in [2.45, 2.75) is 27.2 Å². The maximum absolute atomic E-state index is 12.4. The summed E-state index contributed by atoms with van der Waals surface area (Å²) in [4.78, 5) is 37.1. The van der Waals surface area contributed by atoms with Crippen molar-refractivity contribution in [3.05, 3.63) is 32.9 Å². The normalized spacial score (nSPS) is 10.5. The summed E-state index contributed by atoms with van der Waals surface area (Å²) in [6.45, 7) is 5.56. The number of nitrogens with one attached hydrogen (secondary N) is 2. The summed E-state index contributed by atoms with van der Waals surface area (Å²) in [5, 5.41) is 9.06. The Morgan fingerprint density at radius 3 is 2.58 bits per heavy atom. The van der Waals surface area contributed by atoms with Crippen molar-refractivity contribution < 1.29 is 23.9 Å². The number of H-pyrrole nitrogens is 1. The molecule has 0 bridgehead atoms. The second-order valence-electron chi connectivity index (χ2n) is 5.16. The average molecular weight is 400 g/mol. The van der Waals surface area contributed by atoms with Gasteiger partial charge in [0, 0.05) is 0 Å². The number of esters is 2. The fraction of sp³-hybridized carbons (Fsp3) is 0.375. The van der Waals surface area contributed by atoms with Gasteiger partial charge < -0.3 is 14.8 Å². The molecule has 0 aliphatic rings. The number of ether oxygens (including phenoxy) is 2. The van der Waals surface area contributed by atoms with Gasteiger partial charge in [0.2, 0.25) is 0 Å². The average Bonchev–Trinajstić information content (AvgIpc) is 3.16. The summed E-state index contributed by atoms with van der Waals surface area (Å²) in [5.41, 5.74) is 0.555. The smallest absolute Gasteiger partial charge is 0.348 e. The zero-order chi connectivity index (χ0) is 19.3. The van der Waals surface area contributed by atoms with E-state index in [0.717, 1.165) is 11.3 Å². The molecule has 0 radical (unpaired) electrons. The van der Waals surface area contributed by atoms with Crippen molar-refractivity contribution in [1.82, 2.24) is 10.2 Å². The number of rotatable bonds is 7. The van der Waals surface area contributed by atoms with Crippen LogP contribution in [0, 0.1) is 6.92 Å². The molecule has 0 atom stereocenters. The van der Waals surface area contributed by atoms with E-state index in [1.54, 1.807) is 13.8 Å². The van der Waals surface area contributed by atoms with Crippen LogP contribution < -0.4 is 5.32 Å². The topological polar surface area (TPSA) is 110 Å². The Kier molecular flexibility index (Phi) is 6.76. The van der Waals surface area contributed by atoms with Crippen molar-refractivity contribution in [3.8, 4) is 0 Å². The lowest BCUT2D eigenvalue weighted by Gasteiger charge is -2.07. The second-order valence-corrected chi connectivity index (χ2v) is 6.59. The highest BCUT2D eigenvalue weighted by Crippen LogP contribution is 2.34. The van der Waals surface area contributed by atoms with E-state index in [1.165, 1.54) is 6.20 Å². The first kappa shape index (κ1) is 19.9. The maximum Gasteiger partial charge on any atom is 0.348 e. The van der Waals surface area contributed by atoms with Crippen LogP contribution in [-0.2, 0) is 9.47 Å². The van der Waals surface area contributed by atoms with E-state index < -0.39 is 17.8 Å². The largest absolute Gasteiger partial charge is 0.462 e. The van der Waals surface area contributed by atoms with Gasteiger partial charge in [-0.25, -0.2) is 9.59 Å². The Bertz CT molecular complexity index is 830. The molecule has 0 saturated heterocycles. The highest BCUT2D eigenvalue weighted by Gasteiger charge is 2.28. The molecule has 0 spiro atoms. The Labute approximate surface area is 158 Å². The first-order chi connectivity index (χ1) is 12.4. The lowest BCUT2D eigenvalue weighted by atomic mass is 10.1. The molecular formula is C16H18ClN3O5S. The molecule has 0 fully saturated rings. The molecule has 2 heterocycles. The van der Waals surface area contributed by atoms with Crippen molar-refractivity contribution in [2.24, 2.45) is 0 Å². The van der Waals surface area contributed by atoms with Crippen LogP contribution in [0.3, 0.4) is 0 Å². The first-order valence-electron chi connectivity index (χ1n) is 7.88. The van der Waals surface area contributed by atoms with E-state index in [4.69, 9.17) is 21.1 Å². The van der Waals surface area contributed by atoms with Crippen molar-refractivity contribution >= 4 is 45.8 Å². The summed E-state index contributed by atoms with van der Waals surface area (Å²) in [5.74, 6) is -1.78. The van der Waals surface area contributed by atoms with Gasteiger partial charge >= 0.3 is 11.9 Å². The molecule has 0 unspecified atom stereocenters. The molecule has 2 aromatic rings. The van der Waals surface area contributed by atoms with Crippen molar-refractivity contribution in [2.75, 3.05) is 18.5 Å². The molecular weight excluding hydrogens is 382 g/mol. The first-order valence-corrected chi connectivity index (χ1v) is 9.07. The predicted molar refractivity (Wildman–Crippen MR) is 97.1 cm³/mol. The van der Waals surface area contributed by atoms with Gasteiger partial charge in [-0.1, -0.05) is 18.5 Å². The van der Waals surface area contributed by atoms with Gasteiger partial charge in [0.05, 0.1) is 30.0 Å². The maximum atomic E-state index is 12.4. The minimum absolute atomic E-state index is 0.0447. The summed E-state index contributed by atoms with van der Waals surface area (Å²) >= 11 is 6.83. The molecule has 2 N–H and O–H groups in total. The van der Waals surface area contributed by atoms with E-state index in [2.05, 4.69) is 15.5 Å². The highest BCUT2D eigenvalue weighted by molar-refractivity contribution is 7.18. The molecule has 0 saturated carbocycles. The SMILES string of the molecule is CCCOC(=O)c1c(NC(=O)c2[nH]ncc2Cl)sc(C(=O)OCC)c1C. The second kappa shape index (κ2) is 8.81. The zero-order valence-electron chi connectivity index (χ0n) is 14.5. The number of nitrogens with zero attached hydrogens (tertiary/aromatic N) is 1. The number of hydrogen-bond acceptors (Lipinski definition) is 7. The monoisotopic (exact) mass is 399 g/mol. The number of anilines is 1. The molecule has 0 aromatic carbocycles. The van der Waals surface area contributed by atoms with Gasteiger partial charge in [-0.2, -0.15) is 5.10 Å². The fourth-order valence-electron chi connectivity index (χ4n) is 2.10. The molecule has 0 aliphatic carbocycles. The van der Waals surface area contributed by atoms with Gasteiger partial charge in [-0.15, -0.1) is 11.3 Å². The van der Waals surface area contributed by atoms with Gasteiger partial charge in [-0.05, 0) is 25.8 Å². The van der Waals surface area contributed by atoms with Crippen molar-refractivity contribution in [3.63, 3.8) is 0 Å². The van der Waals surface area contributed by atoms with E-state index in [9.17, 15) is 14.4 Å². The highest BCUT2D eigenvalue weighted by atomic mass is 35.5. The zero-order valence-corrected chi connectivity index (χ0v) is 16.0. The number of carbonyl (C=O) groups is 3. The third-order valence-electron chi connectivity index (χ3n) is 3.30. The summed E-state index contributed by atoms with van der Waals surface area (Å²) in [6.07, 6.45) is 1.93. The minimum atomic E-state index is -0.623. The standard InChI is InChI=1S/C16H18ClN3O5S/c1-4-6-25-15(22)10-8(3)12(16(23)24-5-2)26-14(10)19-13(21)11-9(17)7-18-20-11/h7H,4-6H2,1-3H3,(H,18,20)(H,19,21). The van der Waals surface area contributed by atoms with Crippen LogP contribution in [-0.4, -0.2) is 41.3 Å². The molecule has 10 heteroatoms. The van der Waals surface area contributed by atoms with Gasteiger partial charge in [0.15, 0.2) is 0 Å². The Hall–Kier alpha value is -2.39. The van der Waals surface area contributed by atoms with Crippen LogP contribution in [0.5, 0.6) is 0 Å². The van der Waals surface area contributed by atoms with Crippen LogP contribution in [0.25, 0.3) is 0 Å². The minimum Gasteiger partial charge on any atom is -0.462 e. The van der Waals surface area contributed by atoms with E-state index in [0.29, 0.717) is 12.0 Å². The number of aromatic amines is 1. The summed E-state index contributed by atoms with van der Waals surface area (Å²) in [7, 11) is 0. The third-order valence-corrected chi connectivity index (χ3v) is 4.77. The molecule has 2 aromatic heterocycles. The lowest BCUT2D eigenvalue weighted by Crippen LogP contribution is -2.16. The molecule has 2 rings (SSSR count). The lowest BCUT2D eigenvalue weighted by molar-refractivity contribution is 0.0506.